The van der Waals surface area contributed by atoms with Crippen LogP contribution >= 0.6 is 11.3 Å². The van der Waals surface area contributed by atoms with Crippen LogP contribution in [0.4, 0.5) is 5.13 Å². The van der Waals surface area contributed by atoms with Crippen molar-refractivity contribution in [1.82, 2.24) is 15.1 Å². The molecule has 0 unspecified atom stereocenters. The molecule has 4 aromatic rings. The summed E-state index contributed by atoms with van der Waals surface area (Å²) in [6, 6.07) is 12.5. The van der Waals surface area contributed by atoms with E-state index in [4.69, 9.17) is 14.0 Å². The maximum absolute atomic E-state index is 12.8. The van der Waals surface area contributed by atoms with Crippen LogP contribution in [0.2, 0.25) is 0 Å². The Kier molecular flexibility index (Phi) is 4.90. The highest BCUT2D eigenvalue weighted by molar-refractivity contribution is 7.22. The average Bonchev–Trinajstić information content (AvgIpc) is 3.31. The Morgan fingerprint density at radius 2 is 2.07 bits per heavy atom. The number of ether oxygens (including phenoxy) is 2. The lowest BCUT2D eigenvalue weighted by Gasteiger charge is -2.09. The lowest BCUT2D eigenvalue weighted by atomic mass is 10.2. The number of fused-ring (bicyclic) bond motifs is 1. The topological polar surface area (TPSA) is 99.4 Å². The molecule has 0 aliphatic carbocycles. The predicted octanol–water partition coefficient (Wildman–Crippen LogP) is 3.83. The zero-order valence-electron chi connectivity index (χ0n) is 15.1. The number of hydrogen-bond acceptors (Lipinski definition) is 8. The van der Waals surface area contributed by atoms with Crippen molar-refractivity contribution in [2.45, 2.75) is 13.5 Å². The normalized spacial score (nSPS) is 10.8. The van der Waals surface area contributed by atoms with E-state index in [2.05, 4.69) is 20.4 Å². The zero-order valence-corrected chi connectivity index (χ0v) is 15.9. The summed E-state index contributed by atoms with van der Waals surface area (Å²) in [4.78, 5) is 21.3. The first kappa shape index (κ1) is 17.9. The van der Waals surface area contributed by atoms with Crippen molar-refractivity contribution in [3.63, 3.8) is 0 Å². The lowest BCUT2D eigenvalue weighted by Crippen LogP contribution is -2.13. The molecular formula is C19H16N4O4S. The summed E-state index contributed by atoms with van der Waals surface area (Å²) in [6.45, 7) is 1.80. The third kappa shape index (κ3) is 3.79. The van der Waals surface area contributed by atoms with Gasteiger partial charge in [-0.15, -0.1) is 0 Å². The van der Waals surface area contributed by atoms with Crippen molar-refractivity contribution in [2.24, 2.45) is 0 Å². The SMILES string of the molecule is COc1ccc2nc(NC(=O)c3ccccc3OCc3noc(C)n3)sc2c1. The zero-order chi connectivity index (χ0) is 19.5. The second kappa shape index (κ2) is 7.65. The summed E-state index contributed by atoms with van der Waals surface area (Å²) in [5.74, 6) is 1.71. The van der Waals surface area contributed by atoms with E-state index in [-0.39, 0.29) is 12.5 Å². The smallest absolute Gasteiger partial charge is 0.261 e. The Labute approximate surface area is 164 Å². The van der Waals surface area contributed by atoms with Gasteiger partial charge in [0.2, 0.25) is 11.7 Å². The molecule has 2 aromatic carbocycles. The number of thiazole rings is 1. The Bertz CT molecular complexity index is 1140. The molecule has 142 valence electrons. The molecule has 2 aromatic heterocycles. The highest BCUT2D eigenvalue weighted by Crippen LogP contribution is 2.30. The molecule has 2 heterocycles. The number of aromatic nitrogens is 3. The van der Waals surface area contributed by atoms with Crippen LogP contribution in [0.25, 0.3) is 10.2 Å². The second-order valence-electron chi connectivity index (χ2n) is 5.82. The largest absolute Gasteiger partial charge is 0.497 e. The highest BCUT2D eigenvalue weighted by atomic mass is 32.1. The number of carbonyl (C=O) groups is 1. The van der Waals surface area contributed by atoms with E-state index in [1.54, 1.807) is 38.3 Å². The van der Waals surface area contributed by atoms with E-state index in [9.17, 15) is 4.79 Å². The van der Waals surface area contributed by atoms with E-state index in [0.717, 1.165) is 16.0 Å². The Morgan fingerprint density at radius 3 is 2.86 bits per heavy atom. The van der Waals surface area contributed by atoms with Gasteiger partial charge in [-0.05, 0) is 30.3 Å². The molecule has 0 saturated heterocycles. The first-order valence-electron chi connectivity index (χ1n) is 8.39. The third-order valence-corrected chi connectivity index (χ3v) is 4.81. The van der Waals surface area contributed by atoms with E-state index < -0.39 is 0 Å². The first-order valence-corrected chi connectivity index (χ1v) is 9.21. The number of carbonyl (C=O) groups excluding carboxylic acids is 1. The molecule has 0 radical (unpaired) electrons. The second-order valence-corrected chi connectivity index (χ2v) is 6.85. The minimum atomic E-state index is -0.314. The molecule has 28 heavy (non-hydrogen) atoms. The van der Waals surface area contributed by atoms with Gasteiger partial charge in [0.15, 0.2) is 11.7 Å². The standard InChI is InChI=1S/C19H16N4O4S/c1-11-20-17(23-27-11)10-26-15-6-4-3-5-13(15)18(24)22-19-21-14-8-7-12(25-2)9-16(14)28-19/h3-9H,10H2,1-2H3,(H,21,22,24). The van der Waals surface area contributed by atoms with E-state index in [1.165, 1.54) is 11.3 Å². The van der Waals surface area contributed by atoms with Crippen LogP contribution in [-0.4, -0.2) is 28.1 Å². The third-order valence-electron chi connectivity index (χ3n) is 3.87. The average molecular weight is 396 g/mol. The molecule has 0 fully saturated rings. The van der Waals surface area contributed by atoms with Gasteiger partial charge in [-0.2, -0.15) is 4.98 Å². The number of para-hydroxylation sites is 1. The molecule has 4 rings (SSSR count). The fourth-order valence-corrected chi connectivity index (χ4v) is 3.46. The predicted molar refractivity (Wildman–Crippen MR) is 104 cm³/mol. The van der Waals surface area contributed by atoms with Crippen molar-refractivity contribution in [3.8, 4) is 11.5 Å². The van der Waals surface area contributed by atoms with Gasteiger partial charge in [-0.1, -0.05) is 28.6 Å². The summed E-state index contributed by atoms with van der Waals surface area (Å²) >= 11 is 1.37. The van der Waals surface area contributed by atoms with Crippen molar-refractivity contribution in [2.75, 3.05) is 12.4 Å². The van der Waals surface area contributed by atoms with Crippen molar-refractivity contribution < 1.29 is 18.8 Å². The molecule has 0 aliphatic heterocycles. The van der Waals surface area contributed by atoms with Crippen LogP contribution in [0.3, 0.4) is 0 Å². The van der Waals surface area contributed by atoms with E-state index in [1.807, 2.05) is 18.2 Å². The summed E-state index contributed by atoms with van der Waals surface area (Å²) in [7, 11) is 1.61. The molecule has 8 nitrogen and oxygen atoms in total. The van der Waals surface area contributed by atoms with Crippen molar-refractivity contribution in [1.29, 1.82) is 0 Å². The van der Waals surface area contributed by atoms with Gasteiger partial charge in [0.25, 0.3) is 5.91 Å². The summed E-state index contributed by atoms with van der Waals surface area (Å²) in [5, 5.41) is 7.10. The summed E-state index contributed by atoms with van der Waals surface area (Å²) < 4.78 is 16.8. The molecular weight excluding hydrogens is 380 g/mol. The lowest BCUT2D eigenvalue weighted by molar-refractivity contribution is 0.102. The van der Waals surface area contributed by atoms with Gasteiger partial charge in [0.05, 0.1) is 22.9 Å². The van der Waals surface area contributed by atoms with Crippen LogP contribution in [0.15, 0.2) is 47.0 Å². The highest BCUT2D eigenvalue weighted by Gasteiger charge is 2.15. The maximum atomic E-state index is 12.8. The molecule has 1 N–H and O–H groups in total. The van der Waals surface area contributed by atoms with Gasteiger partial charge in [-0.25, -0.2) is 4.98 Å². The number of nitrogens with zero attached hydrogens (tertiary/aromatic N) is 3. The quantitative estimate of drug-likeness (QED) is 0.529. The number of anilines is 1. The first-order chi connectivity index (χ1) is 13.6. The molecule has 0 bridgehead atoms. The van der Waals surface area contributed by atoms with Gasteiger partial charge >= 0.3 is 0 Å². The fraction of sp³-hybridized carbons (Fsp3) is 0.158. The Morgan fingerprint density at radius 1 is 1.21 bits per heavy atom. The van der Waals surface area contributed by atoms with Crippen LogP contribution in [0.5, 0.6) is 11.5 Å². The number of aryl methyl sites for hydroxylation is 1. The maximum Gasteiger partial charge on any atom is 0.261 e. The fourth-order valence-electron chi connectivity index (χ4n) is 2.57. The molecule has 9 heteroatoms. The van der Waals surface area contributed by atoms with Crippen LogP contribution in [0.1, 0.15) is 22.1 Å². The molecule has 0 saturated carbocycles. The Balaban J connectivity index is 1.51. The molecule has 0 atom stereocenters. The summed E-state index contributed by atoms with van der Waals surface area (Å²) in [6.07, 6.45) is 0. The van der Waals surface area contributed by atoms with Gasteiger partial charge < -0.3 is 14.0 Å². The van der Waals surface area contributed by atoms with Crippen LogP contribution in [-0.2, 0) is 6.61 Å². The van der Waals surface area contributed by atoms with E-state index >= 15 is 0 Å². The van der Waals surface area contributed by atoms with Gasteiger partial charge in [0, 0.05) is 6.92 Å². The van der Waals surface area contributed by atoms with Crippen LogP contribution < -0.4 is 14.8 Å². The molecule has 0 spiro atoms. The van der Waals surface area contributed by atoms with Gasteiger partial charge in [0.1, 0.15) is 11.5 Å². The minimum Gasteiger partial charge on any atom is -0.497 e. The Hall–Kier alpha value is -3.46. The number of methoxy groups -OCH3 is 1. The van der Waals surface area contributed by atoms with Gasteiger partial charge in [-0.3, -0.25) is 10.1 Å². The van der Waals surface area contributed by atoms with E-state index in [0.29, 0.717) is 28.2 Å². The molecule has 1 amide bonds. The monoisotopic (exact) mass is 396 g/mol. The van der Waals surface area contributed by atoms with Crippen molar-refractivity contribution in [3.05, 3.63) is 59.7 Å². The number of benzene rings is 2. The summed E-state index contributed by atoms with van der Waals surface area (Å²) in [5.41, 5.74) is 1.18. The van der Waals surface area contributed by atoms with Crippen molar-refractivity contribution >= 4 is 32.6 Å². The number of nitrogens with one attached hydrogen (secondary N) is 1. The minimum absolute atomic E-state index is 0.0998. The number of hydrogen-bond donors (Lipinski definition) is 1. The number of rotatable bonds is 6. The molecule has 0 aliphatic rings. The number of amides is 1. The van der Waals surface area contributed by atoms with Crippen LogP contribution in [0, 0.1) is 6.92 Å².